The highest BCUT2D eigenvalue weighted by atomic mass is 127. The van der Waals surface area contributed by atoms with Gasteiger partial charge in [-0.25, -0.2) is 8.42 Å². The van der Waals surface area contributed by atoms with Crippen LogP contribution >= 0.6 is 22.6 Å². The number of nitrogens with one attached hydrogen (secondary N) is 1. The van der Waals surface area contributed by atoms with Gasteiger partial charge in [-0.05, 0) is 65.9 Å². The van der Waals surface area contributed by atoms with Crippen LogP contribution in [0.1, 0.15) is 17.3 Å². The molecule has 0 radical (unpaired) electrons. The van der Waals surface area contributed by atoms with Gasteiger partial charge in [0.15, 0.2) is 5.78 Å². The third-order valence-electron chi connectivity index (χ3n) is 3.36. The SMILES string of the molecule is CC(=O)c1cccc(N(CC(=O)Nc2ccc(I)cc2)S(C)(=O)=O)c1. The van der Waals surface area contributed by atoms with Crippen molar-refractivity contribution < 1.29 is 18.0 Å². The lowest BCUT2D eigenvalue weighted by Crippen LogP contribution is -2.37. The maximum absolute atomic E-state index is 12.3. The van der Waals surface area contributed by atoms with E-state index in [1.54, 1.807) is 30.3 Å². The molecule has 1 amide bonds. The number of Topliss-reactive ketones (excluding diaryl/α,β-unsaturated/α-hetero) is 1. The maximum Gasteiger partial charge on any atom is 0.245 e. The lowest BCUT2D eigenvalue weighted by atomic mass is 10.1. The Bertz CT molecular complexity index is 895. The summed E-state index contributed by atoms with van der Waals surface area (Å²) in [6, 6.07) is 13.3. The Morgan fingerprint density at radius 1 is 1.12 bits per heavy atom. The zero-order valence-corrected chi connectivity index (χ0v) is 16.7. The molecule has 2 aromatic carbocycles. The second-order valence-corrected chi connectivity index (χ2v) is 8.58. The molecule has 0 fully saturated rings. The quantitative estimate of drug-likeness (QED) is 0.518. The summed E-state index contributed by atoms with van der Waals surface area (Å²) >= 11 is 2.15. The molecule has 0 unspecified atom stereocenters. The molecule has 8 heteroatoms. The average Bonchev–Trinajstić information content (AvgIpc) is 2.54. The molecule has 0 aliphatic rings. The van der Waals surface area contributed by atoms with Gasteiger partial charge in [0, 0.05) is 14.8 Å². The largest absolute Gasteiger partial charge is 0.325 e. The molecule has 2 aromatic rings. The molecule has 0 saturated carbocycles. The van der Waals surface area contributed by atoms with Crippen molar-refractivity contribution in [2.75, 3.05) is 22.4 Å². The Balaban J connectivity index is 2.24. The first-order valence-corrected chi connectivity index (χ1v) is 10.2. The van der Waals surface area contributed by atoms with Crippen molar-refractivity contribution in [1.29, 1.82) is 0 Å². The van der Waals surface area contributed by atoms with E-state index in [0.29, 0.717) is 11.3 Å². The number of ketones is 1. The molecule has 0 aliphatic carbocycles. The van der Waals surface area contributed by atoms with Gasteiger partial charge in [-0.2, -0.15) is 0 Å². The predicted octanol–water partition coefficient (Wildman–Crippen LogP) is 2.90. The Kier molecular flexibility index (Phi) is 6.17. The van der Waals surface area contributed by atoms with E-state index in [9.17, 15) is 18.0 Å². The van der Waals surface area contributed by atoms with Crippen molar-refractivity contribution >= 4 is 55.7 Å². The number of sulfonamides is 1. The standard InChI is InChI=1S/C17H17IN2O4S/c1-12(21)13-4-3-5-16(10-13)20(25(2,23)24)11-17(22)19-15-8-6-14(18)7-9-15/h3-10H,11H2,1-2H3,(H,19,22). The monoisotopic (exact) mass is 472 g/mol. The van der Waals surface area contributed by atoms with E-state index in [1.165, 1.54) is 13.0 Å². The van der Waals surface area contributed by atoms with Crippen LogP contribution in [-0.4, -0.2) is 32.9 Å². The van der Waals surface area contributed by atoms with Gasteiger partial charge in [0.1, 0.15) is 6.54 Å². The highest BCUT2D eigenvalue weighted by Crippen LogP contribution is 2.20. The predicted molar refractivity (Wildman–Crippen MR) is 106 cm³/mol. The average molecular weight is 472 g/mol. The summed E-state index contributed by atoms with van der Waals surface area (Å²) < 4.78 is 26.2. The zero-order valence-electron chi connectivity index (χ0n) is 13.7. The molecular weight excluding hydrogens is 455 g/mol. The summed E-state index contributed by atoms with van der Waals surface area (Å²) in [5.41, 5.74) is 1.23. The van der Waals surface area contributed by atoms with Crippen LogP contribution in [0, 0.1) is 3.57 Å². The molecule has 0 saturated heterocycles. The van der Waals surface area contributed by atoms with Crippen molar-refractivity contribution in [3.05, 3.63) is 57.7 Å². The molecular formula is C17H17IN2O4S. The van der Waals surface area contributed by atoms with Crippen molar-refractivity contribution in [1.82, 2.24) is 0 Å². The minimum atomic E-state index is -3.69. The lowest BCUT2D eigenvalue weighted by Gasteiger charge is -2.22. The molecule has 0 atom stereocenters. The molecule has 0 bridgehead atoms. The zero-order chi connectivity index (χ0) is 18.6. The highest BCUT2D eigenvalue weighted by molar-refractivity contribution is 14.1. The summed E-state index contributed by atoms with van der Waals surface area (Å²) in [6.07, 6.45) is 1.02. The fraction of sp³-hybridized carbons (Fsp3) is 0.176. The second-order valence-electron chi connectivity index (χ2n) is 5.43. The van der Waals surface area contributed by atoms with Gasteiger partial charge in [0.25, 0.3) is 0 Å². The first-order valence-electron chi connectivity index (χ1n) is 7.31. The number of anilines is 2. The van der Waals surface area contributed by atoms with E-state index < -0.39 is 15.9 Å². The Hall–Kier alpha value is -1.94. The van der Waals surface area contributed by atoms with Crippen molar-refractivity contribution in [2.45, 2.75) is 6.92 Å². The van der Waals surface area contributed by atoms with Crippen LogP contribution in [0.4, 0.5) is 11.4 Å². The van der Waals surface area contributed by atoms with Gasteiger partial charge < -0.3 is 5.32 Å². The molecule has 2 rings (SSSR count). The number of nitrogens with zero attached hydrogens (tertiary/aromatic N) is 1. The molecule has 0 aromatic heterocycles. The van der Waals surface area contributed by atoms with E-state index in [-0.39, 0.29) is 18.0 Å². The summed E-state index contributed by atoms with van der Waals surface area (Å²) in [4.78, 5) is 23.8. The number of amides is 1. The topological polar surface area (TPSA) is 83.6 Å². The molecule has 0 heterocycles. The van der Waals surface area contributed by atoms with Gasteiger partial charge in [-0.1, -0.05) is 12.1 Å². The van der Waals surface area contributed by atoms with Crippen LogP contribution in [-0.2, 0) is 14.8 Å². The summed E-state index contributed by atoms with van der Waals surface area (Å²) in [5.74, 6) is -0.654. The fourth-order valence-electron chi connectivity index (χ4n) is 2.14. The first kappa shape index (κ1) is 19.4. The summed E-state index contributed by atoms with van der Waals surface area (Å²) in [6.45, 7) is 1.01. The molecule has 1 N–H and O–H groups in total. The number of hydrogen-bond donors (Lipinski definition) is 1. The van der Waals surface area contributed by atoms with Gasteiger partial charge >= 0.3 is 0 Å². The van der Waals surface area contributed by atoms with Gasteiger partial charge in [-0.15, -0.1) is 0 Å². The molecule has 6 nitrogen and oxygen atoms in total. The van der Waals surface area contributed by atoms with E-state index in [2.05, 4.69) is 27.9 Å². The number of carbonyl (C=O) groups excluding carboxylic acids is 2. The van der Waals surface area contributed by atoms with E-state index >= 15 is 0 Å². The van der Waals surface area contributed by atoms with Gasteiger partial charge in [-0.3, -0.25) is 13.9 Å². The molecule has 0 spiro atoms. The number of benzene rings is 2. The van der Waals surface area contributed by atoms with Gasteiger partial charge in [0.2, 0.25) is 15.9 Å². The van der Waals surface area contributed by atoms with Crippen molar-refractivity contribution in [3.8, 4) is 0 Å². The maximum atomic E-state index is 12.3. The second kappa shape index (κ2) is 7.96. The normalized spacial score (nSPS) is 11.0. The first-order chi connectivity index (χ1) is 11.7. The van der Waals surface area contributed by atoms with Crippen molar-refractivity contribution in [3.63, 3.8) is 0 Å². The highest BCUT2D eigenvalue weighted by Gasteiger charge is 2.21. The lowest BCUT2D eigenvalue weighted by molar-refractivity contribution is -0.114. The molecule has 0 aliphatic heterocycles. The van der Waals surface area contributed by atoms with Crippen LogP contribution in [0.3, 0.4) is 0 Å². The Morgan fingerprint density at radius 2 is 1.76 bits per heavy atom. The number of rotatable bonds is 6. The Labute approximate surface area is 160 Å². The summed E-state index contributed by atoms with van der Waals surface area (Å²) in [7, 11) is -3.69. The van der Waals surface area contributed by atoms with E-state index in [0.717, 1.165) is 14.1 Å². The number of carbonyl (C=O) groups is 2. The minimum Gasteiger partial charge on any atom is -0.325 e. The fourth-order valence-corrected chi connectivity index (χ4v) is 3.35. The van der Waals surface area contributed by atoms with Crippen molar-refractivity contribution in [2.24, 2.45) is 0 Å². The van der Waals surface area contributed by atoms with E-state index in [1.807, 2.05) is 12.1 Å². The summed E-state index contributed by atoms with van der Waals surface area (Å²) in [5, 5.41) is 2.66. The molecule has 25 heavy (non-hydrogen) atoms. The third-order valence-corrected chi connectivity index (χ3v) is 5.22. The molecule has 132 valence electrons. The van der Waals surface area contributed by atoms with Crippen LogP contribution < -0.4 is 9.62 Å². The van der Waals surface area contributed by atoms with Crippen LogP contribution in [0.25, 0.3) is 0 Å². The number of hydrogen-bond acceptors (Lipinski definition) is 4. The number of halogens is 1. The third kappa shape index (κ3) is 5.53. The van der Waals surface area contributed by atoms with Gasteiger partial charge in [0.05, 0.1) is 11.9 Å². The minimum absolute atomic E-state index is 0.182. The van der Waals surface area contributed by atoms with Crippen LogP contribution in [0.15, 0.2) is 48.5 Å². The van der Waals surface area contributed by atoms with Crippen LogP contribution in [0.5, 0.6) is 0 Å². The smallest absolute Gasteiger partial charge is 0.245 e. The van der Waals surface area contributed by atoms with Crippen LogP contribution in [0.2, 0.25) is 0 Å². The Morgan fingerprint density at radius 3 is 2.32 bits per heavy atom. The van der Waals surface area contributed by atoms with E-state index in [4.69, 9.17) is 0 Å².